The van der Waals surface area contributed by atoms with Gasteiger partial charge in [0.15, 0.2) is 17.5 Å². The van der Waals surface area contributed by atoms with Crippen LogP contribution >= 0.6 is 11.6 Å². The molecule has 1 aliphatic rings. The summed E-state index contributed by atoms with van der Waals surface area (Å²) in [5, 5.41) is 11.8. The molecule has 0 unspecified atom stereocenters. The summed E-state index contributed by atoms with van der Waals surface area (Å²) in [5.74, 6) is -2.26. The van der Waals surface area contributed by atoms with Gasteiger partial charge in [-0.25, -0.2) is 28.5 Å². The maximum atomic E-state index is 14.7. The van der Waals surface area contributed by atoms with Crippen molar-refractivity contribution in [2.45, 2.75) is 38.9 Å². The average molecular weight is 494 g/mol. The summed E-state index contributed by atoms with van der Waals surface area (Å²) in [6.45, 7) is 5.92. The standard InChI is InChI=1S/C22H22ClF2N5O4/c1-22(2,3)34-21(32)30-7-6-11(9-30)33-20-12(24)8-14-18(29-20)19(27-10-26-14)28-13-4-5-15(31)16(23)17(13)25/h4-5,8,10-11,31H,6-7,9H2,1-3H3,(H,26,27,28)/t11-/m0/s1. The quantitative estimate of drug-likeness (QED) is 0.499. The Morgan fingerprint density at radius 2 is 2.06 bits per heavy atom. The zero-order valence-electron chi connectivity index (χ0n) is 18.6. The number of aromatic nitrogens is 3. The van der Waals surface area contributed by atoms with Crippen LogP contribution in [0.3, 0.4) is 0 Å². The number of nitrogens with zero attached hydrogens (tertiary/aromatic N) is 4. The highest BCUT2D eigenvalue weighted by molar-refractivity contribution is 6.32. The van der Waals surface area contributed by atoms with Crippen LogP contribution in [0.2, 0.25) is 5.02 Å². The number of pyridine rings is 1. The third-order valence-corrected chi connectivity index (χ3v) is 5.28. The maximum Gasteiger partial charge on any atom is 0.410 e. The number of carbonyl (C=O) groups excluding carboxylic acids is 1. The predicted octanol–water partition coefficient (Wildman–Crippen LogP) is 4.79. The summed E-state index contributed by atoms with van der Waals surface area (Å²) in [5.41, 5.74) is -0.411. The molecule has 2 N–H and O–H groups in total. The Hall–Kier alpha value is -3.47. The third-order valence-electron chi connectivity index (χ3n) is 4.92. The normalized spacial score (nSPS) is 16.1. The van der Waals surface area contributed by atoms with Crippen molar-refractivity contribution in [3.63, 3.8) is 0 Å². The molecule has 12 heteroatoms. The number of hydrogen-bond donors (Lipinski definition) is 2. The molecule has 1 atom stereocenters. The van der Waals surface area contributed by atoms with Gasteiger partial charge < -0.3 is 24.8 Å². The van der Waals surface area contributed by atoms with E-state index in [0.717, 1.165) is 6.07 Å². The van der Waals surface area contributed by atoms with Crippen molar-refractivity contribution >= 4 is 40.2 Å². The molecule has 1 amide bonds. The molecule has 1 aromatic carbocycles. The van der Waals surface area contributed by atoms with Gasteiger partial charge in [0, 0.05) is 19.0 Å². The highest BCUT2D eigenvalue weighted by Crippen LogP contribution is 2.34. The third kappa shape index (κ3) is 5.04. The Kier molecular flexibility index (Phi) is 6.30. The molecule has 34 heavy (non-hydrogen) atoms. The largest absolute Gasteiger partial charge is 0.506 e. The van der Waals surface area contributed by atoms with Crippen LogP contribution in [0, 0.1) is 11.6 Å². The second-order valence-corrected chi connectivity index (χ2v) is 9.08. The molecule has 9 nitrogen and oxygen atoms in total. The molecule has 0 spiro atoms. The van der Waals surface area contributed by atoms with Crippen molar-refractivity contribution in [1.29, 1.82) is 0 Å². The molecule has 0 aliphatic carbocycles. The van der Waals surface area contributed by atoms with Crippen LogP contribution in [0.1, 0.15) is 27.2 Å². The number of phenolic OH excluding ortho intramolecular Hbond substituents is 1. The van der Waals surface area contributed by atoms with E-state index in [1.165, 1.54) is 23.4 Å². The summed E-state index contributed by atoms with van der Waals surface area (Å²) < 4.78 is 40.2. The SMILES string of the molecule is CC(C)(C)OC(=O)N1CC[C@H](Oc2nc3c(Nc4ccc(O)c(Cl)c4F)ncnc3cc2F)C1. The Morgan fingerprint density at radius 3 is 2.79 bits per heavy atom. The van der Waals surface area contributed by atoms with Crippen LogP contribution in [0.15, 0.2) is 24.5 Å². The molecule has 1 aliphatic heterocycles. The van der Waals surface area contributed by atoms with Gasteiger partial charge in [-0.2, -0.15) is 0 Å². The molecule has 180 valence electrons. The minimum Gasteiger partial charge on any atom is -0.506 e. The number of ether oxygens (including phenoxy) is 2. The molecular formula is C22H22ClF2N5O4. The van der Waals surface area contributed by atoms with E-state index < -0.39 is 40.2 Å². The fourth-order valence-corrected chi connectivity index (χ4v) is 3.52. The lowest BCUT2D eigenvalue weighted by Crippen LogP contribution is -2.36. The molecule has 2 aromatic heterocycles. The van der Waals surface area contributed by atoms with Gasteiger partial charge in [-0.1, -0.05) is 11.6 Å². The molecule has 4 rings (SSSR count). The van der Waals surface area contributed by atoms with Gasteiger partial charge in [0.05, 0.1) is 17.7 Å². The molecule has 0 bridgehead atoms. The van der Waals surface area contributed by atoms with E-state index in [0.29, 0.717) is 13.0 Å². The van der Waals surface area contributed by atoms with Crippen LogP contribution in [-0.2, 0) is 4.74 Å². The number of halogens is 3. The van der Waals surface area contributed by atoms with Crippen LogP contribution in [0.5, 0.6) is 11.6 Å². The summed E-state index contributed by atoms with van der Waals surface area (Å²) in [4.78, 5) is 26.0. The highest BCUT2D eigenvalue weighted by atomic mass is 35.5. The number of anilines is 2. The number of fused-ring (bicyclic) bond motifs is 1. The van der Waals surface area contributed by atoms with Gasteiger partial charge >= 0.3 is 6.09 Å². The first-order valence-electron chi connectivity index (χ1n) is 10.4. The first-order chi connectivity index (χ1) is 16.0. The smallest absolute Gasteiger partial charge is 0.410 e. The topological polar surface area (TPSA) is 110 Å². The lowest BCUT2D eigenvalue weighted by Gasteiger charge is -2.24. The summed E-state index contributed by atoms with van der Waals surface area (Å²) in [6, 6.07) is 3.62. The van der Waals surface area contributed by atoms with E-state index >= 15 is 0 Å². The van der Waals surface area contributed by atoms with Gasteiger partial charge in [0.2, 0.25) is 0 Å². The van der Waals surface area contributed by atoms with Crippen LogP contribution < -0.4 is 10.1 Å². The van der Waals surface area contributed by atoms with Gasteiger partial charge in [-0.05, 0) is 32.9 Å². The number of carbonyl (C=O) groups is 1. The summed E-state index contributed by atoms with van der Waals surface area (Å²) >= 11 is 5.76. The Bertz CT molecular complexity index is 1250. The van der Waals surface area contributed by atoms with Crippen molar-refractivity contribution in [3.05, 3.63) is 41.2 Å². The van der Waals surface area contributed by atoms with Gasteiger partial charge in [0.1, 0.15) is 34.3 Å². The minimum absolute atomic E-state index is 0.0693. The Balaban J connectivity index is 1.56. The fraction of sp³-hybridized carbons (Fsp3) is 0.364. The van der Waals surface area contributed by atoms with E-state index in [1.54, 1.807) is 20.8 Å². The van der Waals surface area contributed by atoms with Crippen molar-refractivity contribution in [1.82, 2.24) is 19.9 Å². The Labute approximate surface area is 198 Å². The number of nitrogens with one attached hydrogen (secondary N) is 1. The second-order valence-electron chi connectivity index (χ2n) is 8.71. The number of benzene rings is 1. The monoisotopic (exact) mass is 493 g/mol. The van der Waals surface area contributed by atoms with E-state index in [9.17, 15) is 18.7 Å². The van der Waals surface area contributed by atoms with Gasteiger partial charge in [0.25, 0.3) is 5.88 Å². The van der Waals surface area contributed by atoms with Crippen molar-refractivity contribution < 1.29 is 28.2 Å². The van der Waals surface area contributed by atoms with Crippen molar-refractivity contribution in [2.24, 2.45) is 0 Å². The van der Waals surface area contributed by atoms with Crippen LogP contribution in [0.4, 0.5) is 25.1 Å². The second kappa shape index (κ2) is 9.05. The maximum absolute atomic E-state index is 14.7. The van der Waals surface area contributed by atoms with Crippen LogP contribution in [0.25, 0.3) is 11.0 Å². The summed E-state index contributed by atoms with van der Waals surface area (Å²) in [7, 11) is 0. The van der Waals surface area contributed by atoms with E-state index in [2.05, 4.69) is 20.3 Å². The van der Waals surface area contributed by atoms with E-state index in [4.69, 9.17) is 21.1 Å². The highest BCUT2D eigenvalue weighted by Gasteiger charge is 2.32. The minimum atomic E-state index is -0.889. The Morgan fingerprint density at radius 1 is 1.29 bits per heavy atom. The zero-order chi connectivity index (χ0) is 24.6. The van der Waals surface area contributed by atoms with Crippen molar-refractivity contribution in [2.75, 3.05) is 18.4 Å². The number of likely N-dealkylation sites (tertiary alicyclic amines) is 1. The number of rotatable bonds is 4. The number of aromatic hydroxyl groups is 1. The zero-order valence-corrected chi connectivity index (χ0v) is 19.4. The first-order valence-corrected chi connectivity index (χ1v) is 10.8. The lowest BCUT2D eigenvalue weighted by molar-refractivity contribution is 0.0274. The lowest BCUT2D eigenvalue weighted by atomic mass is 10.2. The van der Waals surface area contributed by atoms with Crippen molar-refractivity contribution in [3.8, 4) is 11.6 Å². The average Bonchev–Trinajstić information content (AvgIpc) is 3.23. The van der Waals surface area contributed by atoms with Gasteiger partial charge in [-0.3, -0.25) is 0 Å². The van der Waals surface area contributed by atoms with Crippen LogP contribution in [-0.4, -0.2) is 55.8 Å². The number of amides is 1. The van der Waals surface area contributed by atoms with E-state index in [-0.39, 0.29) is 35.0 Å². The molecule has 1 saturated heterocycles. The fourth-order valence-electron chi connectivity index (χ4n) is 3.36. The molecular weight excluding hydrogens is 472 g/mol. The summed E-state index contributed by atoms with van der Waals surface area (Å²) in [6.07, 6.45) is 0.662. The number of hydrogen-bond acceptors (Lipinski definition) is 8. The van der Waals surface area contributed by atoms with Gasteiger partial charge in [-0.15, -0.1) is 0 Å². The molecule has 3 heterocycles. The predicted molar refractivity (Wildman–Crippen MR) is 120 cm³/mol. The molecule has 0 saturated carbocycles. The van der Waals surface area contributed by atoms with E-state index in [1.807, 2.05) is 0 Å². The molecule has 1 fully saturated rings. The first kappa shape index (κ1) is 23.7. The number of phenols is 1. The molecule has 3 aromatic rings. The molecule has 0 radical (unpaired) electrons.